The van der Waals surface area contributed by atoms with E-state index in [1.165, 1.54) is 19.3 Å². The van der Waals surface area contributed by atoms with Gasteiger partial charge in [-0.15, -0.1) is 0 Å². The van der Waals surface area contributed by atoms with Crippen molar-refractivity contribution in [2.75, 3.05) is 11.1 Å². The summed E-state index contributed by atoms with van der Waals surface area (Å²) in [6.07, 6.45) is 3.97. The van der Waals surface area contributed by atoms with Gasteiger partial charge in [0, 0.05) is 6.04 Å². The minimum Gasteiger partial charge on any atom is -0.397 e. The normalized spacial score (nSPS) is 17.5. The number of benzene rings is 1. The molecule has 0 saturated heterocycles. The number of para-hydroxylation sites is 1. The van der Waals surface area contributed by atoms with Gasteiger partial charge in [0.15, 0.2) is 0 Å². The Morgan fingerprint density at radius 1 is 1.53 bits per heavy atom. The third-order valence-corrected chi connectivity index (χ3v) is 3.14. The van der Waals surface area contributed by atoms with Crippen molar-refractivity contribution in [2.45, 2.75) is 32.2 Å². The maximum Gasteiger partial charge on any atom is 0.0765 e. The van der Waals surface area contributed by atoms with Crippen LogP contribution in [0, 0.1) is 5.92 Å². The summed E-state index contributed by atoms with van der Waals surface area (Å²) in [4.78, 5) is 0. The van der Waals surface area contributed by atoms with Gasteiger partial charge in [-0.25, -0.2) is 0 Å². The van der Waals surface area contributed by atoms with E-state index in [2.05, 4.69) is 12.2 Å². The van der Waals surface area contributed by atoms with E-state index in [4.69, 9.17) is 17.3 Å². The summed E-state index contributed by atoms with van der Waals surface area (Å²) in [7, 11) is 0. The first-order chi connectivity index (χ1) is 7.16. The molecule has 0 aromatic heterocycles. The molecular weight excluding hydrogens is 208 g/mol. The standard InChI is InChI=1S/C12H17ClN2/c1-8(7-9-5-6-9)15-12-10(13)3-2-4-11(12)14/h2-4,8-9,15H,5-7,14H2,1H3. The van der Waals surface area contributed by atoms with Gasteiger partial charge in [-0.3, -0.25) is 0 Å². The lowest BCUT2D eigenvalue weighted by molar-refractivity contribution is 0.642. The fourth-order valence-electron chi connectivity index (χ4n) is 1.85. The van der Waals surface area contributed by atoms with Crippen molar-refractivity contribution in [1.29, 1.82) is 0 Å². The van der Waals surface area contributed by atoms with Crippen LogP contribution in [0.4, 0.5) is 11.4 Å². The van der Waals surface area contributed by atoms with E-state index in [0.29, 0.717) is 11.1 Å². The number of hydrogen-bond acceptors (Lipinski definition) is 2. The van der Waals surface area contributed by atoms with Gasteiger partial charge in [-0.1, -0.05) is 30.5 Å². The number of nitrogen functional groups attached to an aromatic ring is 1. The summed E-state index contributed by atoms with van der Waals surface area (Å²) in [5.41, 5.74) is 7.48. The van der Waals surface area contributed by atoms with Gasteiger partial charge in [0.05, 0.1) is 16.4 Å². The Morgan fingerprint density at radius 2 is 2.27 bits per heavy atom. The van der Waals surface area contributed by atoms with Crippen molar-refractivity contribution in [2.24, 2.45) is 5.92 Å². The first kappa shape index (κ1) is 10.6. The Bertz CT molecular complexity index is 327. The van der Waals surface area contributed by atoms with Crippen LogP contribution in [0.2, 0.25) is 5.02 Å². The van der Waals surface area contributed by atoms with Crippen LogP contribution in [-0.2, 0) is 0 Å². The highest BCUT2D eigenvalue weighted by Gasteiger charge is 2.23. The van der Waals surface area contributed by atoms with E-state index in [9.17, 15) is 0 Å². The third-order valence-electron chi connectivity index (χ3n) is 2.82. The SMILES string of the molecule is CC(CC1CC1)Nc1c(N)cccc1Cl. The number of nitrogens with one attached hydrogen (secondary N) is 1. The fraction of sp³-hybridized carbons (Fsp3) is 0.500. The molecule has 1 fully saturated rings. The average Bonchev–Trinajstić information content (AvgIpc) is 2.95. The molecular formula is C12H17ClN2. The molecule has 1 aliphatic rings. The molecule has 82 valence electrons. The van der Waals surface area contributed by atoms with Gasteiger partial charge in [0.1, 0.15) is 0 Å². The van der Waals surface area contributed by atoms with Crippen molar-refractivity contribution < 1.29 is 0 Å². The number of rotatable bonds is 4. The molecule has 1 saturated carbocycles. The molecule has 15 heavy (non-hydrogen) atoms. The minimum atomic E-state index is 0.444. The van der Waals surface area contributed by atoms with Crippen LogP contribution >= 0.6 is 11.6 Å². The maximum atomic E-state index is 6.08. The molecule has 1 unspecified atom stereocenters. The number of hydrogen-bond donors (Lipinski definition) is 2. The molecule has 1 aromatic carbocycles. The smallest absolute Gasteiger partial charge is 0.0765 e. The monoisotopic (exact) mass is 224 g/mol. The van der Waals surface area contributed by atoms with Crippen molar-refractivity contribution in [3.05, 3.63) is 23.2 Å². The van der Waals surface area contributed by atoms with Gasteiger partial charge in [-0.2, -0.15) is 0 Å². The van der Waals surface area contributed by atoms with E-state index < -0.39 is 0 Å². The summed E-state index contributed by atoms with van der Waals surface area (Å²) in [6, 6.07) is 6.05. The van der Waals surface area contributed by atoms with E-state index in [-0.39, 0.29) is 0 Å². The van der Waals surface area contributed by atoms with Crippen molar-refractivity contribution in [3.8, 4) is 0 Å². The highest BCUT2D eigenvalue weighted by Crippen LogP contribution is 2.35. The number of halogens is 1. The van der Waals surface area contributed by atoms with E-state index >= 15 is 0 Å². The predicted octanol–water partition coefficient (Wildman–Crippen LogP) is 3.52. The predicted molar refractivity (Wildman–Crippen MR) is 66.3 cm³/mol. The van der Waals surface area contributed by atoms with E-state index in [0.717, 1.165) is 17.3 Å². The number of anilines is 2. The zero-order valence-electron chi connectivity index (χ0n) is 8.96. The lowest BCUT2D eigenvalue weighted by Crippen LogP contribution is -2.17. The lowest BCUT2D eigenvalue weighted by Gasteiger charge is -2.17. The number of nitrogens with two attached hydrogens (primary N) is 1. The first-order valence-corrected chi connectivity index (χ1v) is 5.85. The van der Waals surface area contributed by atoms with Crippen molar-refractivity contribution in [1.82, 2.24) is 0 Å². The summed E-state index contributed by atoms with van der Waals surface area (Å²) in [5, 5.41) is 4.10. The quantitative estimate of drug-likeness (QED) is 0.768. The van der Waals surface area contributed by atoms with Crippen LogP contribution in [0.1, 0.15) is 26.2 Å². The molecule has 0 bridgehead atoms. The van der Waals surface area contributed by atoms with Crippen molar-refractivity contribution in [3.63, 3.8) is 0 Å². The first-order valence-electron chi connectivity index (χ1n) is 5.47. The molecule has 1 aliphatic carbocycles. The Hall–Kier alpha value is -0.890. The molecule has 3 N–H and O–H groups in total. The van der Waals surface area contributed by atoms with Crippen LogP contribution in [0.3, 0.4) is 0 Å². The Morgan fingerprint density at radius 3 is 2.87 bits per heavy atom. The molecule has 2 rings (SSSR count). The molecule has 2 nitrogen and oxygen atoms in total. The van der Waals surface area contributed by atoms with Gasteiger partial charge < -0.3 is 11.1 Å². The molecule has 0 radical (unpaired) electrons. The van der Waals surface area contributed by atoms with Crippen LogP contribution in [0.25, 0.3) is 0 Å². The summed E-state index contributed by atoms with van der Waals surface area (Å²) in [6.45, 7) is 2.18. The minimum absolute atomic E-state index is 0.444. The van der Waals surface area contributed by atoms with Crippen molar-refractivity contribution >= 4 is 23.0 Å². The van der Waals surface area contributed by atoms with Gasteiger partial charge >= 0.3 is 0 Å². The average molecular weight is 225 g/mol. The summed E-state index contributed by atoms with van der Waals surface area (Å²) in [5.74, 6) is 0.913. The highest BCUT2D eigenvalue weighted by molar-refractivity contribution is 6.33. The second kappa shape index (κ2) is 4.31. The van der Waals surface area contributed by atoms with Gasteiger partial charge in [0.2, 0.25) is 0 Å². The van der Waals surface area contributed by atoms with Crippen LogP contribution in [0.5, 0.6) is 0 Å². The van der Waals surface area contributed by atoms with Gasteiger partial charge in [-0.05, 0) is 31.4 Å². The molecule has 3 heteroatoms. The second-order valence-corrected chi connectivity index (χ2v) is 4.84. The fourth-order valence-corrected chi connectivity index (χ4v) is 2.09. The Kier molecular flexibility index (Phi) is 3.06. The highest BCUT2D eigenvalue weighted by atomic mass is 35.5. The van der Waals surface area contributed by atoms with Gasteiger partial charge in [0.25, 0.3) is 0 Å². The van der Waals surface area contributed by atoms with E-state index in [1.54, 1.807) is 0 Å². The lowest BCUT2D eigenvalue weighted by atomic mass is 10.1. The van der Waals surface area contributed by atoms with Crippen LogP contribution in [-0.4, -0.2) is 6.04 Å². The largest absolute Gasteiger partial charge is 0.397 e. The van der Waals surface area contributed by atoms with Crippen LogP contribution in [0.15, 0.2) is 18.2 Å². The zero-order chi connectivity index (χ0) is 10.8. The third kappa shape index (κ3) is 2.78. The molecule has 0 amide bonds. The zero-order valence-corrected chi connectivity index (χ0v) is 9.72. The van der Waals surface area contributed by atoms with E-state index in [1.807, 2.05) is 18.2 Å². The molecule has 0 heterocycles. The van der Waals surface area contributed by atoms with Crippen LogP contribution < -0.4 is 11.1 Å². The summed E-state index contributed by atoms with van der Waals surface area (Å²) < 4.78 is 0. The topological polar surface area (TPSA) is 38.0 Å². The summed E-state index contributed by atoms with van der Waals surface area (Å²) >= 11 is 6.08. The Labute approximate surface area is 95.8 Å². The maximum absolute atomic E-state index is 6.08. The molecule has 1 atom stereocenters. The molecule has 0 aliphatic heterocycles. The Balaban J connectivity index is 2.01. The molecule has 0 spiro atoms. The molecule has 1 aromatic rings. The second-order valence-electron chi connectivity index (χ2n) is 4.43.